The molecule has 174 valence electrons. The van der Waals surface area contributed by atoms with E-state index in [9.17, 15) is 9.90 Å². The molecule has 5 rings (SSSR count). The smallest absolute Gasteiger partial charge is 0.335 e. The maximum absolute atomic E-state index is 11.3. The van der Waals surface area contributed by atoms with Crippen LogP contribution in [0.15, 0.2) is 79.1 Å². The zero-order valence-electron chi connectivity index (χ0n) is 18.7. The lowest BCUT2D eigenvalue weighted by Gasteiger charge is -2.11. The molecule has 0 saturated heterocycles. The quantitative estimate of drug-likeness (QED) is 0.306. The fraction of sp³-hybridized carbons (Fsp3) is 0.0800. The molecule has 0 atom stereocenters. The lowest BCUT2D eigenvalue weighted by Crippen LogP contribution is -2.10. The Hall–Kier alpha value is -4.99. The highest BCUT2D eigenvalue weighted by Crippen LogP contribution is 2.24. The molecule has 2 aromatic heterocycles. The highest BCUT2D eigenvalue weighted by molar-refractivity contribution is 5.89. The van der Waals surface area contributed by atoms with Crippen LogP contribution in [0.3, 0.4) is 0 Å². The molecule has 0 aliphatic heterocycles. The van der Waals surface area contributed by atoms with Crippen LogP contribution < -0.4 is 15.4 Å². The maximum atomic E-state index is 11.3. The fourth-order valence-corrected chi connectivity index (χ4v) is 3.59. The first-order chi connectivity index (χ1) is 17.1. The second kappa shape index (κ2) is 9.48. The average molecular weight is 467 g/mol. The van der Waals surface area contributed by atoms with Gasteiger partial charge in [0.1, 0.15) is 12.1 Å². The summed E-state index contributed by atoms with van der Waals surface area (Å²) in [4.78, 5) is 29.1. The summed E-state index contributed by atoms with van der Waals surface area (Å²) in [5.74, 6) is 0.994. The largest absolute Gasteiger partial charge is 0.497 e. The number of carboxylic acids is 1. The number of fused-ring (bicyclic) bond motifs is 1. The number of carboxylic acid groups (broad SMARTS) is 1. The number of aromatic nitrogens is 5. The molecular formula is C25H21N7O3. The predicted molar refractivity (Wildman–Crippen MR) is 131 cm³/mol. The van der Waals surface area contributed by atoms with Crippen molar-refractivity contribution in [2.24, 2.45) is 0 Å². The Balaban J connectivity index is 1.47. The van der Waals surface area contributed by atoms with Crippen LogP contribution in [-0.4, -0.2) is 42.7 Å². The Morgan fingerprint density at radius 3 is 2.63 bits per heavy atom. The number of ether oxygens (including phenoxy) is 1. The van der Waals surface area contributed by atoms with Gasteiger partial charge in [0.15, 0.2) is 0 Å². The van der Waals surface area contributed by atoms with Crippen molar-refractivity contribution in [3.8, 4) is 11.7 Å². The first kappa shape index (κ1) is 21.8. The van der Waals surface area contributed by atoms with Crippen LogP contribution in [0, 0.1) is 0 Å². The number of aromatic carboxylic acids is 1. The molecule has 0 radical (unpaired) electrons. The molecule has 0 bridgehead atoms. The summed E-state index contributed by atoms with van der Waals surface area (Å²) < 4.78 is 7.05. The molecule has 0 aliphatic carbocycles. The maximum Gasteiger partial charge on any atom is 0.335 e. The number of methoxy groups -OCH3 is 1. The fourth-order valence-electron chi connectivity index (χ4n) is 3.59. The van der Waals surface area contributed by atoms with E-state index < -0.39 is 5.97 Å². The Morgan fingerprint density at radius 2 is 1.83 bits per heavy atom. The van der Waals surface area contributed by atoms with Crippen molar-refractivity contribution in [1.82, 2.24) is 24.5 Å². The van der Waals surface area contributed by atoms with E-state index in [2.05, 4.69) is 25.6 Å². The van der Waals surface area contributed by atoms with Crippen molar-refractivity contribution in [3.63, 3.8) is 0 Å². The van der Waals surface area contributed by atoms with Crippen LogP contribution >= 0.6 is 0 Å². The van der Waals surface area contributed by atoms with E-state index in [1.165, 1.54) is 18.5 Å². The molecule has 3 N–H and O–H groups in total. The van der Waals surface area contributed by atoms with Gasteiger partial charge in [-0.05, 0) is 48.0 Å². The highest BCUT2D eigenvalue weighted by Gasteiger charge is 2.15. The van der Waals surface area contributed by atoms with E-state index in [0.29, 0.717) is 24.1 Å². The van der Waals surface area contributed by atoms with E-state index in [1.807, 2.05) is 53.1 Å². The minimum absolute atomic E-state index is 0.162. The summed E-state index contributed by atoms with van der Waals surface area (Å²) in [5, 5.41) is 15.7. The van der Waals surface area contributed by atoms with E-state index in [-0.39, 0.29) is 11.5 Å². The summed E-state index contributed by atoms with van der Waals surface area (Å²) in [7, 11) is 1.64. The van der Waals surface area contributed by atoms with E-state index >= 15 is 0 Å². The van der Waals surface area contributed by atoms with Crippen molar-refractivity contribution >= 4 is 34.6 Å². The van der Waals surface area contributed by atoms with Crippen LogP contribution in [0.5, 0.6) is 5.75 Å². The number of hydrogen-bond donors (Lipinski definition) is 3. The summed E-state index contributed by atoms with van der Waals surface area (Å²) >= 11 is 0. The summed E-state index contributed by atoms with van der Waals surface area (Å²) in [6.07, 6.45) is 1.40. The summed E-state index contributed by atoms with van der Waals surface area (Å²) in [5.41, 5.74) is 3.38. The number of hydrogen-bond acceptors (Lipinski definition) is 8. The summed E-state index contributed by atoms with van der Waals surface area (Å²) in [6, 6.07) is 21.9. The second-order valence-corrected chi connectivity index (χ2v) is 7.58. The molecule has 0 saturated carbocycles. The molecule has 0 fully saturated rings. The minimum Gasteiger partial charge on any atom is -0.497 e. The number of rotatable bonds is 8. The number of benzene rings is 3. The van der Waals surface area contributed by atoms with Crippen LogP contribution in [0.4, 0.5) is 17.6 Å². The van der Waals surface area contributed by atoms with Crippen LogP contribution in [0.1, 0.15) is 15.9 Å². The number of anilines is 3. The lowest BCUT2D eigenvalue weighted by molar-refractivity contribution is 0.0697. The van der Waals surface area contributed by atoms with Gasteiger partial charge in [-0.2, -0.15) is 4.98 Å². The zero-order valence-corrected chi connectivity index (χ0v) is 18.7. The van der Waals surface area contributed by atoms with Gasteiger partial charge in [-0.15, -0.1) is 0 Å². The van der Waals surface area contributed by atoms with Gasteiger partial charge in [0.05, 0.1) is 23.7 Å². The van der Waals surface area contributed by atoms with Crippen molar-refractivity contribution < 1.29 is 14.6 Å². The van der Waals surface area contributed by atoms with Gasteiger partial charge in [-0.1, -0.05) is 30.3 Å². The molecule has 0 amide bonds. The van der Waals surface area contributed by atoms with Gasteiger partial charge in [-0.3, -0.25) is 0 Å². The first-order valence-electron chi connectivity index (χ1n) is 10.7. The normalized spacial score (nSPS) is 10.8. The number of para-hydroxylation sites is 2. The topological polar surface area (TPSA) is 127 Å². The number of nitrogens with one attached hydrogen (secondary N) is 2. The van der Waals surface area contributed by atoms with E-state index in [1.54, 1.807) is 19.2 Å². The number of carbonyl (C=O) groups is 1. The third-order valence-electron chi connectivity index (χ3n) is 5.30. The molecule has 10 heteroatoms. The molecule has 0 aliphatic rings. The summed E-state index contributed by atoms with van der Waals surface area (Å²) in [6.45, 7) is 0.533. The molecule has 0 unspecified atom stereocenters. The third kappa shape index (κ3) is 4.71. The Bertz CT molecular complexity index is 1500. The van der Waals surface area contributed by atoms with Crippen LogP contribution in [0.25, 0.3) is 17.0 Å². The van der Waals surface area contributed by atoms with Crippen LogP contribution in [-0.2, 0) is 6.54 Å². The SMILES string of the molecule is COc1ccc(CNc2nc3ccccc3n2-c2ncnc(Nc3cccc(C(=O)O)c3)n2)cc1. The van der Waals surface area contributed by atoms with Crippen molar-refractivity contribution in [2.45, 2.75) is 6.54 Å². The molecular weight excluding hydrogens is 446 g/mol. The van der Waals surface area contributed by atoms with Gasteiger partial charge >= 0.3 is 5.97 Å². The average Bonchev–Trinajstić information content (AvgIpc) is 3.26. The molecule has 3 aromatic carbocycles. The second-order valence-electron chi connectivity index (χ2n) is 7.58. The Labute approximate surface area is 200 Å². The Morgan fingerprint density at radius 1 is 1.00 bits per heavy atom. The monoisotopic (exact) mass is 467 g/mol. The van der Waals surface area contributed by atoms with Crippen molar-refractivity contribution in [3.05, 3.63) is 90.3 Å². The number of nitrogens with zero attached hydrogens (tertiary/aromatic N) is 5. The molecule has 2 heterocycles. The van der Waals surface area contributed by atoms with E-state index in [4.69, 9.17) is 9.72 Å². The van der Waals surface area contributed by atoms with Gasteiger partial charge in [0, 0.05) is 12.2 Å². The molecule has 10 nitrogen and oxygen atoms in total. The van der Waals surface area contributed by atoms with Gasteiger partial charge in [0.2, 0.25) is 17.8 Å². The minimum atomic E-state index is -1.01. The predicted octanol–water partition coefficient (Wildman–Crippen LogP) is 4.27. The number of imidazole rings is 1. The molecule has 35 heavy (non-hydrogen) atoms. The van der Waals surface area contributed by atoms with Gasteiger partial charge in [0.25, 0.3) is 0 Å². The Kier molecular flexibility index (Phi) is 5.91. The zero-order chi connectivity index (χ0) is 24.2. The van der Waals surface area contributed by atoms with Gasteiger partial charge in [-0.25, -0.2) is 24.3 Å². The molecule has 0 spiro atoms. The van der Waals surface area contributed by atoms with Gasteiger partial charge < -0.3 is 20.5 Å². The van der Waals surface area contributed by atoms with E-state index in [0.717, 1.165) is 22.3 Å². The van der Waals surface area contributed by atoms with Crippen molar-refractivity contribution in [1.29, 1.82) is 0 Å². The standard InChI is InChI=1S/C25H21N7O3/c1-35-19-11-9-16(10-12-19)14-26-24-30-20-7-2-3-8-21(20)32(24)25-28-15-27-23(31-25)29-18-6-4-5-17(13-18)22(33)34/h2-13,15H,14H2,1H3,(H,26,30)(H,33,34)(H,27,28,29,31). The first-order valence-corrected chi connectivity index (χ1v) is 10.7. The lowest BCUT2D eigenvalue weighted by atomic mass is 10.2. The molecule has 5 aromatic rings. The van der Waals surface area contributed by atoms with Crippen LogP contribution in [0.2, 0.25) is 0 Å². The third-order valence-corrected chi connectivity index (χ3v) is 5.30. The van der Waals surface area contributed by atoms with Crippen molar-refractivity contribution in [2.75, 3.05) is 17.7 Å². The highest BCUT2D eigenvalue weighted by atomic mass is 16.5.